The van der Waals surface area contributed by atoms with Gasteiger partial charge in [0.1, 0.15) is 12.4 Å². The second-order valence-electron chi connectivity index (χ2n) is 5.64. The summed E-state index contributed by atoms with van der Waals surface area (Å²) >= 11 is 6.21. The van der Waals surface area contributed by atoms with Crippen LogP contribution in [0.3, 0.4) is 0 Å². The second kappa shape index (κ2) is 6.12. The first-order valence-corrected chi connectivity index (χ1v) is 7.11. The first kappa shape index (κ1) is 14.6. The SMILES string of the molecule is CNCc1ccc(OCC2CCC(C)(C)O2)c(Cl)c1. The van der Waals surface area contributed by atoms with E-state index >= 15 is 0 Å². The molecule has 1 fully saturated rings. The molecular weight excluding hydrogens is 262 g/mol. The van der Waals surface area contributed by atoms with E-state index in [-0.39, 0.29) is 11.7 Å². The molecule has 106 valence electrons. The topological polar surface area (TPSA) is 30.5 Å². The van der Waals surface area contributed by atoms with Crippen LogP contribution in [-0.2, 0) is 11.3 Å². The Morgan fingerprint density at radius 3 is 2.84 bits per heavy atom. The van der Waals surface area contributed by atoms with Crippen molar-refractivity contribution in [3.63, 3.8) is 0 Å². The molecule has 0 bridgehead atoms. The van der Waals surface area contributed by atoms with Crippen LogP contribution >= 0.6 is 11.6 Å². The van der Waals surface area contributed by atoms with Crippen LogP contribution in [0.5, 0.6) is 5.75 Å². The molecule has 1 heterocycles. The van der Waals surface area contributed by atoms with Crippen molar-refractivity contribution in [1.29, 1.82) is 0 Å². The average molecular weight is 284 g/mol. The summed E-state index contributed by atoms with van der Waals surface area (Å²) < 4.78 is 11.7. The third kappa shape index (κ3) is 4.10. The van der Waals surface area contributed by atoms with Gasteiger partial charge in [0.2, 0.25) is 0 Å². The summed E-state index contributed by atoms with van der Waals surface area (Å²) in [5.74, 6) is 0.731. The van der Waals surface area contributed by atoms with Crippen LogP contribution in [0.4, 0.5) is 0 Å². The molecule has 1 aromatic rings. The van der Waals surface area contributed by atoms with E-state index in [2.05, 4.69) is 19.2 Å². The van der Waals surface area contributed by atoms with Crippen LogP contribution in [0.2, 0.25) is 5.02 Å². The predicted octanol–water partition coefficient (Wildman–Crippen LogP) is 3.40. The Labute approximate surface area is 120 Å². The minimum atomic E-state index is -0.0194. The Hall–Kier alpha value is -0.770. The summed E-state index contributed by atoms with van der Waals surface area (Å²) in [5, 5.41) is 3.75. The molecule has 1 unspecified atom stereocenters. The van der Waals surface area contributed by atoms with Crippen molar-refractivity contribution in [2.45, 2.75) is 44.9 Å². The van der Waals surface area contributed by atoms with Gasteiger partial charge >= 0.3 is 0 Å². The monoisotopic (exact) mass is 283 g/mol. The van der Waals surface area contributed by atoms with Crippen molar-refractivity contribution in [3.05, 3.63) is 28.8 Å². The zero-order chi connectivity index (χ0) is 13.9. The van der Waals surface area contributed by atoms with E-state index in [1.807, 2.05) is 25.2 Å². The number of halogens is 1. The van der Waals surface area contributed by atoms with E-state index in [1.165, 1.54) is 0 Å². The second-order valence-corrected chi connectivity index (χ2v) is 6.05. The molecule has 1 aliphatic heterocycles. The van der Waals surface area contributed by atoms with Crippen LogP contribution in [-0.4, -0.2) is 25.4 Å². The summed E-state index contributed by atoms with van der Waals surface area (Å²) in [6.07, 6.45) is 2.29. The van der Waals surface area contributed by atoms with Gasteiger partial charge in [-0.2, -0.15) is 0 Å². The van der Waals surface area contributed by atoms with E-state index in [4.69, 9.17) is 21.1 Å². The molecule has 19 heavy (non-hydrogen) atoms. The Morgan fingerprint density at radius 1 is 1.47 bits per heavy atom. The molecule has 1 saturated heterocycles. The molecule has 1 aromatic carbocycles. The van der Waals surface area contributed by atoms with Crippen LogP contribution < -0.4 is 10.1 Å². The predicted molar refractivity (Wildman–Crippen MR) is 77.9 cm³/mol. The van der Waals surface area contributed by atoms with Gasteiger partial charge in [-0.1, -0.05) is 17.7 Å². The van der Waals surface area contributed by atoms with Crippen LogP contribution in [0.1, 0.15) is 32.3 Å². The van der Waals surface area contributed by atoms with Crippen molar-refractivity contribution in [2.24, 2.45) is 0 Å². The van der Waals surface area contributed by atoms with Gasteiger partial charge in [-0.15, -0.1) is 0 Å². The quantitative estimate of drug-likeness (QED) is 0.898. The van der Waals surface area contributed by atoms with Crippen molar-refractivity contribution in [2.75, 3.05) is 13.7 Å². The number of benzene rings is 1. The van der Waals surface area contributed by atoms with Crippen molar-refractivity contribution >= 4 is 11.6 Å². The highest BCUT2D eigenvalue weighted by Crippen LogP contribution is 2.31. The molecule has 0 radical (unpaired) electrons. The highest BCUT2D eigenvalue weighted by atomic mass is 35.5. The maximum absolute atomic E-state index is 6.21. The molecule has 0 spiro atoms. The minimum Gasteiger partial charge on any atom is -0.489 e. The lowest BCUT2D eigenvalue weighted by Gasteiger charge is -2.19. The number of hydrogen-bond donors (Lipinski definition) is 1. The van der Waals surface area contributed by atoms with Crippen LogP contribution in [0.15, 0.2) is 18.2 Å². The van der Waals surface area contributed by atoms with Crippen molar-refractivity contribution in [3.8, 4) is 5.75 Å². The fourth-order valence-electron chi connectivity index (χ4n) is 2.35. The molecule has 1 aliphatic rings. The first-order chi connectivity index (χ1) is 9.00. The summed E-state index contributed by atoms with van der Waals surface area (Å²) in [7, 11) is 1.91. The highest BCUT2D eigenvalue weighted by Gasteiger charge is 2.31. The van der Waals surface area contributed by atoms with Crippen LogP contribution in [0, 0.1) is 0 Å². The molecule has 0 amide bonds. The van der Waals surface area contributed by atoms with Gasteiger partial charge in [-0.3, -0.25) is 0 Å². The lowest BCUT2D eigenvalue weighted by Crippen LogP contribution is -2.23. The molecule has 0 saturated carbocycles. The summed E-state index contributed by atoms with van der Waals surface area (Å²) in [6.45, 7) is 5.60. The molecule has 2 rings (SSSR count). The van der Waals surface area contributed by atoms with E-state index in [0.29, 0.717) is 11.6 Å². The fraction of sp³-hybridized carbons (Fsp3) is 0.600. The lowest BCUT2D eigenvalue weighted by molar-refractivity contribution is -0.0326. The molecule has 0 aliphatic carbocycles. The number of nitrogens with one attached hydrogen (secondary N) is 1. The summed E-state index contributed by atoms with van der Waals surface area (Å²) in [4.78, 5) is 0. The molecule has 0 aromatic heterocycles. The van der Waals surface area contributed by atoms with E-state index in [1.54, 1.807) is 0 Å². The molecule has 3 nitrogen and oxygen atoms in total. The van der Waals surface area contributed by atoms with Gasteiger partial charge in [-0.25, -0.2) is 0 Å². The van der Waals surface area contributed by atoms with Gasteiger partial charge in [0.25, 0.3) is 0 Å². The Bertz CT molecular complexity index is 434. The smallest absolute Gasteiger partial charge is 0.138 e. The number of ether oxygens (including phenoxy) is 2. The molecule has 1 atom stereocenters. The lowest BCUT2D eigenvalue weighted by atomic mass is 10.1. The Balaban J connectivity index is 1.89. The zero-order valence-corrected chi connectivity index (χ0v) is 12.6. The van der Waals surface area contributed by atoms with Gasteiger partial charge in [0.15, 0.2) is 0 Å². The van der Waals surface area contributed by atoms with Crippen LogP contribution in [0.25, 0.3) is 0 Å². The average Bonchev–Trinajstić information content (AvgIpc) is 2.68. The van der Waals surface area contributed by atoms with Gasteiger partial charge in [0, 0.05) is 6.54 Å². The standard InChI is InChI=1S/C15H22ClNO2/c1-15(2)7-6-12(19-15)10-18-14-5-4-11(9-17-3)8-13(14)16/h4-5,8,12,17H,6-7,9-10H2,1-3H3. The Morgan fingerprint density at radius 2 is 2.26 bits per heavy atom. The van der Waals surface area contributed by atoms with Gasteiger partial charge in [-0.05, 0) is 51.4 Å². The minimum absolute atomic E-state index is 0.0194. The van der Waals surface area contributed by atoms with Gasteiger partial charge < -0.3 is 14.8 Å². The Kier molecular flexibility index (Phi) is 4.71. The molecular formula is C15H22ClNO2. The maximum atomic E-state index is 6.21. The third-order valence-electron chi connectivity index (χ3n) is 3.36. The van der Waals surface area contributed by atoms with Crippen molar-refractivity contribution < 1.29 is 9.47 Å². The number of hydrogen-bond acceptors (Lipinski definition) is 3. The zero-order valence-electron chi connectivity index (χ0n) is 11.8. The first-order valence-electron chi connectivity index (χ1n) is 6.74. The maximum Gasteiger partial charge on any atom is 0.138 e. The molecule has 4 heteroatoms. The summed E-state index contributed by atoms with van der Waals surface area (Å²) in [5.41, 5.74) is 1.13. The molecule has 1 N–H and O–H groups in total. The van der Waals surface area contributed by atoms with E-state index in [0.717, 1.165) is 30.7 Å². The normalized spacial score (nSPS) is 21.6. The third-order valence-corrected chi connectivity index (χ3v) is 3.65. The van der Waals surface area contributed by atoms with Crippen molar-refractivity contribution in [1.82, 2.24) is 5.32 Å². The van der Waals surface area contributed by atoms with E-state index < -0.39 is 0 Å². The summed E-state index contributed by atoms with van der Waals surface area (Å²) in [6, 6.07) is 5.89. The largest absolute Gasteiger partial charge is 0.489 e. The number of rotatable bonds is 5. The highest BCUT2D eigenvalue weighted by molar-refractivity contribution is 6.32. The van der Waals surface area contributed by atoms with Gasteiger partial charge in [0.05, 0.1) is 16.7 Å². The van der Waals surface area contributed by atoms with E-state index in [9.17, 15) is 0 Å². The fourth-order valence-corrected chi connectivity index (χ4v) is 2.61.